The molecule has 3 N–H and O–H groups in total. The number of hydrogen-bond donors (Lipinski definition) is 3. The van der Waals surface area contributed by atoms with Gasteiger partial charge in [-0.3, -0.25) is 14.3 Å². The SMILES string of the molecule is CCCCCCCCCCc1cn(Cc2cn([C@H]3C[C@H](O)[C@@H](COC(=O)OCCOCCOCCOCCO)O3)c(=O)[nH]c2=O)nn1. The Morgan fingerprint density at radius 2 is 1.60 bits per heavy atom. The summed E-state index contributed by atoms with van der Waals surface area (Å²) >= 11 is 0. The Kier molecular flexibility index (Phi) is 18.3. The van der Waals surface area contributed by atoms with Gasteiger partial charge < -0.3 is 38.6 Å². The van der Waals surface area contributed by atoms with Crippen molar-refractivity contribution in [1.29, 1.82) is 0 Å². The Morgan fingerprint density at radius 1 is 0.936 bits per heavy atom. The van der Waals surface area contributed by atoms with Crippen LogP contribution in [0.15, 0.2) is 22.0 Å². The molecule has 1 fully saturated rings. The van der Waals surface area contributed by atoms with Crippen molar-refractivity contribution in [3.8, 4) is 0 Å². The third-order valence-corrected chi connectivity index (χ3v) is 7.55. The number of nitrogens with zero attached hydrogens (tertiary/aromatic N) is 4. The molecular formula is C31H51N5O11. The lowest BCUT2D eigenvalue weighted by Gasteiger charge is -2.16. The zero-order valence-electron chi connectivity index (χ0n) is 27.4. The number of H-pyrrole nitrogens is 1. The smallest absolute Gasteiger partial charge is 0.432 e. The molecule has 1 aliphatic heterocycles. The van der Waals surface area contributed by atoms with Crippen LogP contribution in [0.3, 0.4) is 0 Å². The number of aryl methyl sites for hydroxylation is 1. The van der Waals surface area contributed by atoms with Gasteiger partial charge in [-0.15, -0.1) is 5.10 Å². The second-order valence-corrected chi connectivity index (χ2v) is 11.4. The van der Waals surface area contributed by atoms with Crippen LogP contribution in [0.2, 0.25) is 0 Å². The zero-order valence-corrected chi connectivity index (χ0v) is 27.4. The van der Waals surface area contributed by atoms with E-state index in [9.17, 15) is 19.5 Å². The molecule has 0 saturated carbocycles. The summed E-state index contributed by atoms with van der Waals surface area (Å²) in [6, 6.07) is 0. The Morgan fingerprint density at radius 3 is 2.30 bits per heavy atom. The molecule has 1 saturated heterocycles. The first-order chi connectivity index (χ1) is 22.9. The Bertz CT molecular complexity index is 1270. The van der Waals surface area contributed by atoms with E-state index in [1.807, 2.05) is 0 Å². The average molecular weight is 670 g/mol. The van der Waals surface area contributed by atoms with Crippen LogP contribution in [-0.2, 0) is 41.4 Å². The topological polar surface area (TPSA) is 198 Å². The highest BCUT2D eigenvalue weighted by Gasteiger charge is 2.36. The number of aromatic amines is 1. The summed E-state index contributed by atoms with van der Waals surface area (Å²) in [6.07, 6.45) is 10.1. The second kappa shape index (κ2) is 22.4. The molecule has 2 aromatic heterocycles. The van der Waals surface area contributed by atoms with Crippen molar-refractivity contribution in [3.05, 3.63) is 44.5 Å². The van der Waals surface area contributed by atoms with Gasteiger partial charge in [0.05, 0.1) is 70.2 Å². The van der Waals surface area contributed by atoms with Gasteiger partial charge in [0.2, 0.25) is 0 Å². The Hall–Kier alpha value is -3.15. The maximum absolute atomic E-state index is 12.6. The van der Waals surface area contributed by atoms with Crippen LogP contribution in [0, 0.1) is 0 Å². The van der Waals surface area contributed by atoms with E-state index in [4.69, 9.17) is 33.5 Å². The van der Waals surface area contributed by atoms with E-state index in [0.29, 0.717) is 26.4 Å². The van der Waals surface area contributed by atoms with Gasteiger partial charge in [-0.25, -0.2) is 14.3 Å². The number of rotatable bonds is 25. The van der Waals surface area contributed by atoms with Gasteiger partial charge in [-0.2, -0.15) is 0 Å². The van der Waals surface area contributed by atoms with Crippen LogP contribution in [0.25, 0.3) is 0 Å². The zero-order chi connectivity index (χ0) is 33.7. The quantitative estimate of drug-likeness (QED) is 0.102. The first-order valence-electron chi connectivity index (χ1n) is 16.6. The van der Waals surface area contributed by atoms with E-state index in [1.54, 1.807) is 10.9 Å². The van der Waals surface area contributed by atoms with Crippen molar-refractivity contribution in [2.24, 2.45) is 0 Å². The van der Waals surface area contributed by atoms with Crippen molar-refractivity contribution in [2.45, 2.75) is 96.1 Å². The first kappa shape index (κ1) is 38.3. The number of carbonyl (C=O) groups excluding carboxylic acids is 1. The molecule has 3 heterocycles. The maximum atomic E-state index is 12.6. The van der Waals surface area contributed by atoms with Gasteiger partial charge in [0, 0.05) is 18.8 Å². The number of aliphatic hydroxyl groups is 2. The molecule has 0 radical (unpaired) electrons. The molecule has 0 aromatic carbocycles. The van der Waals surface area contributed by atoms with E-state index < -0.39 is 35.8 Å². The molecule has 1 aliphatic rings. The molecular weight excluding hydrogens is 618 g/mol. The van der Waals surface area contributed by atoms with Gasteiger partial charge in [-0.05, 0) is 12.8 Å². The molecule has 16 heteroatoms. The third kappa shape index (κ3) is 14.7. The number of carbonyl (C=O) groups is 1. The van der Waals surface area contributed by atoms with Gasteiger partial charge in [0.25, 0.3) is 5.56 Å². The number of hydrogen-bond acceptors (Lipinski definition) is 13. The monoisotopic (exact) mass is 669 g/mol. The number of aliphatic hydroxyl groups excluding tert-OH is 2. The van der Waals surface area contributed by atoms with Crippen molar-refractivity contribution in [3.63, 3.8) is 0 Å². The number of unbranched alkanes of at least 4 members (excludes halogenated alkanes) is 7. The highest BCUT2D eigenvalue weighted by Crippen LogP contribution is 2.28. The molecule has 3 atom stereocenters. The number of nitrogens with one attached hydrogen (secondary N) is 1. The first-order valence-corrected chi connectivity index (χ1v) is 16.6. The summed E-state index contributed by atoms with van der Waals surface area (Å²) in [6.45, 7) is 3.73. The minimum atomic E-state index is -1.03. The largest absolute Gasteiger partial charge is 0.508 e. The minimum Gasteiger partial charge on any atom is -0.432 e. The predicted octanol–water partition coefficient (Wildman–Crippen LogP) is 1.70. The van der Waals surface area contributed by atoms with Crippen molar-refractivity contribution in [2.75, 3.05) is 59.5 Å². The summed E-state index contributed by atoms with van der Waals surface area (Å²) in [7, 11) is 0. The van der Waals surface area contributed by atoms with Gasteiger partial charge in [0.15, 0.2) is 0 Å². The van der Waals surface area contributed by atoms with E-state index >= 15 is 0 Å². The van der Waals surface area contributed by atoms with Gasteiger partial charge in [0.1, 0.15) is 25.5 Å². The number of ether oxygens (including phenoxy) is 6. The normalized spacial score (nSPS) is 17.7. The Balaban J connectivity index is 1.36. The third-order valence-electron chi connectivity index (χ3n) is 7.55. The van der Waals surface area contributed by atoms with E-state index in [2.05, 4.69) is 22.2 Å². The van der Waals surface area contributed by atoms with Crippen LogP contribution >= 0.6 is 0 Å². The molecule has 0 amide bonds. The van der Waals surface area contributed by atoms with E-state index in [1.165, 1.54) is 49.3 Å². The molecule has 47 heavy (non-hydrogen) atoms. The predicted molar refractivity (Wildman–Crippen MR) is 168 cm³/mol. The molecule has 266 valence electrons. The Labute approximate surface area is 274 Å². The van der Waals surface area contributed by atoms with Crippen LogP contribution in [0.4, 0.5) is 4.79 Å². The molecule has 0 spiro atoms. The fourth-order valence-electron chi connectivity index (χ4n) is 5.02. The van der Waals surface area contributed by atoms with E-state index in [0.717, 1.165) is 25.0 Å². The lowest BCUT2D eigenvalue weighted by molar-refractivity contribution is -0.0612. The molecule has 0 aliphatic carbocycles. The average Bonchev–Trinajstić information content (AvgIpc) is 3.66. The molecule has 0 unspecified atom stereocenters. The molecule has 2 aromatic rings. The van der Waals surface area contributed by atoms with Crippen LogP contribution in [0.1, 0.15) is 82.2 Å². The standard InChI is InChI=1S/C31H51N5O11/c1-2-3-4-5-6-7-8-9-10-25-22-35(34-33-25)20-24-21-36(30(40)32-29(24)39)28-19-26(38)27(47-28)23-46-31(41)45-18-17-44-16-15-43-14-13-42-12-11-37/h21-22,26-28,37-38H,2-20,23H2,1H3,(H,32,39,40)/t26-,27+,28+/m0/s1. The number of aromatic nitrogens is 5. The van der Waals surface area contributed by atoms with Crippen LogP contribution in [0.5, 0.6) is 0 Å². The van der Waals surface area contributed by atoms with E-state index in [-0.39, 0.29) is 51.6 Å². The summed E-state index contributed by atoms with van der Waals surface area (Å²) in [4.78, 5) is 39.4. The molecule has 16 nitrogen and oxygen atoms in total. The summed E-state index contributed by atoms with van der Waals surface area (Å²) in [5, 5.41) is 27.5. The molecule has 0 bridgehead atoms. The van der Waals surface area contributed by atoms with Crippen molar-refractivity contribution < 1.29 is 43.4 Å². The lowest BCUT2D eigenvalue weighted by Crippen LogP contribution is -2.35. The summed E-state index contributed by atoms with van der Waals surface area (Å²) < 4.78 is 34.2. The highest BCUT2D eigenvalue weighted by atomic mass is 16.7. The van der Waals surface area contributed by atoms with Gasteiger partial charge >= 0.3 is 11.8 Å². The van der Waals surface area contributed by atoms with Crippen molar-refractivity contribution >= 4 is 6.16 Å². The van der Waals surface area contributed by atoms with Crippen molar-refractivity contribution in [1.82, 2.24) is 24.5 Å². The molecule has 3 rings (SSSR count). The summed E-state index contributed by atoms with van der Waals surface area (Å²) in [5.74, 6) is 0. The fourth-order valence-corrected chi connectivity index (χ4v) is 5.02. The van der Waals surface area contributed by atoms with Crippen LogP contribution < -0.4 is 11.2 Å². The minimum absolute atomic E-state index is 0.0361. The van der Waals surface area contributed by atoms with Gasteiger partial charge in [-0.1, -0.05) is 57.1 Å². The highest BCUT2D eigenvalue weighted by molar-refractivity contribution is 5.59. The fraction of sp³-hybridized carbons (Fsp3) is 0.774. The lowest BCUT2D eigenvalue weighted by atomic mass is 10.1. The van der Waals surface area contributed by atoms with Crippen LogP contribution in [-0.4, -0.2) is 113 Å². The maximum Gasteiger partial charge on any atom is 0.508 e. The summed E-state index contributed by atoms with van der Waals surface area (Å²) in [5.41, 5.74) is -0.117. The second-order valence-electron chi connectivity index (χ2n) is 11.4.